The summed E-state index contributed by atoms with van der Waals surface area (Å²) >= 11 is 0. The highest BCUT2D eigenvalue weighted by molar-refractivity contribution is 5.20. The summed E-state index contributed by atoms with van der Waals surface area (Å²) in [4.78, 5) is 0. The Morgan fingerprint density at radius 3 is 2.83 bits per heavy atom. The van der Waals surface area contributed by atoms with E-state index in [9.17, 15) is 0 Å². The van der Waals surface area contributed by atoms with Gasteiger partial charge in [0.05, 0.1) is 6.61 Å². The van der Waals surface area contributed by atoms with E-state index in [4.69, 9.17) is 4.74 Å². The third-order valence-corrected chi connectivity index (χ3v) is 3.96. The zero-order valence-electron chi connectivity index (χ0n) is 11.4. The molecule has 0 bridgehead atoms. The van der Waals surface area contributed by atoms with Crippen LogP contribution >= 0.6 is 0 Å². The van der Waals surface area contributed by atoms with Gasteiger partial charge in [-0.15, -0.1) is 0 Å². The number of rotatable bonds is 6. The predicted octanol–water partition coefficient (Wildman–Crippen LogP) is 3.62. The normalized spacial score (nSPS) is 23.8. The van der Waals surface area contributed by atoms with Crippen LogP contribution in [0.5, 0.6) is 5.75 Å². The van der Waals surface area contributed by atoms with E-state index in [-0.39, 0.29) is 0 Å². The van der Waals surface area contributed by atoms with Gasteiger partial charge in [-0.1, -0.05) is 31.0 Å². The Hall–Kier alpha value is -1.02. The molecular formula is C16H25NO. The summed E-state index contributed by atoms with van der Waals surface area (Å²) < 4.78 is 5.73. The minimum Gasteiger partial charge on any atom is -0.494 e. The van der Waals surface area contributed by atoms with Gasteiger partial charge in [-0.2, -0.15) is 0 Å². The fourth-order valence-electron chi connectivity index (χ4n) is 2.89. The van der Waals surface area contributed by atoms with E-state index in [0.717, 1.165) is 24.3 Å². The summed E-state index contributed by atoms with van der Waals surface area (Å²) in [6, 6.07) is 10.9. The number of hydrogen-bond donors (Lipinski definition) is 1. The highest BCUT2D eigenvalue weighted by atomic mass is 16.5. The van der Waals surface area contributed by atoms with Crippen molar-refractivity contribution >= 4 is 0 Å². The minimum atomic E-state index is 0.749. The Balaban J connectivity index is 1.60. The third-order valence-electron chi connectivity index (χ3n) is 3.96. The second-order valence-corrected chi connectivity index (χ2v) is 5.32. The first kappa shape index (κ1) is 13.4. The van der Waals surface area contributed by atoms with Gasteiger partial charge in [-0.05, 0) is 50.8 Å². The first-order chi connectivity index (χ1) is 8.88. The molecule has 0 spiro atoms. The molecular weight excluding hydrogens is 222 g/mol. The van der Waals surface area contributed by atoms with Gasteiger partial charge in [0, 0.05) is 6.04 Å². The Labute approximate surface area is 111 Å². The molecule has 0 saturated heterocycles. The number of nitrogens with one attached hydrogen (secondary N) is 1. The molecule has 2 nitrogen and oxygen atoms in total. The largest absolute Gasteiger partial charge is 0.494 e. The molecule has 2 atom stereocenters. The summed E-state index contributed by atoms with van der Waals surface area (Å²) in [5, 5.41) is 3.42. The molecule has 0 aromatic heterocycles. The van der Waals surface area contributed by atoms with Crippen LogP contribution in [-0.4, -0.2) is 19.7 Å². The Bertz CT molecular complexity index is 325. The van der Waals surface area contributed by atoms with Crippen LogP contribution in [-0.2, 0) is 0 Å². The summed E-state index contributed by atoms with van der Waals surface area (Å²) in [5.74, 6) is 1.89. The van der Waals surface area contributed by atoms with Gasteiger partial charge in [-0.3, -0.25) is 0 Å². The SMILES string of the molecule is CNC1CCCC(CCCOc2ccccc2)C1. The van der Waals surface area contributed by atoms with E-state index in [1.165, 1.54) is 38.5 Å². The van der Waals surface area contributed by atoms with Crippen molar-refractivity contribution in [1.82, 2.24) is 5.32 Å². The second kappa shape index (κ2) is 7.42. The number of para-hydroxylation sites is 1. The fraction of sp³-hybridized carbons (Fsp3) is 0.625. The summed E-state index contributed by atoms with van der Waals surface area (Å²) in [7, 11) is 2.09. The summed E-state index contributed by atoms with van der Waals surface area (Å²) in [6.45, 7) is 0.852. The lowest BCUT2D eigenvalue weighted by Crippen LogP contribution is -2.31. The molecule has 1 fully saturated rings. The molecule has 0 heterocycles. The molecule has 1 N–H and O–H groups in total. The van der Waals surface area contributed by atoms with E-state index < -0.39 is 0 Å². The minimum absolute atomic E-state index is 0.749. The highest BCUT2D eigenvalue weighted by Gasteiger charge is 2.20. The van der Waals surface area contributed by atoms with Crippen molar-refractivity contribution in [2.24, 2.45) is 5.92 Å². The molecule has 2 rings (SSSR count). The van der Waals surface area contributed by atoms with Crippen molar-refractivity contribution in [3.8, 4) is 5.75 Å². The molecule has 2 heteroatoms. The number of ether oxygens (including phenoxy) is 1. The second-order valence-electron chi connectivity index (χ2n) is 5.32. The molecule has 100 valence electrons. The van der Waals surface area contributed by atoms with Crippen LogP contribution in [0.1, 0.15) is 38.5 Å². The molecule has 0 amide bonds. The molecule has 1 aromatic carbocycles. The Morgan fingerprint density at radius 2 is 2.06 bits per heavy atom. The lowest BCUT2D eigenvalue weighted by molar-refractivity contribution is 0.247. The summed E-state index contributed by atoms with van der Waals surface area (Å²) in [5.41, 5.74) is 0. The van der Waals surface area contributed by atoms with Crippen LogP contribution in [0.2, 0.25) is 0 Å². The monoisotopic (exact) mass is 247 g/mol. The maximum atomic E-state index is 5.73. The van der Waals surface area contributed by atoms with Crippen molar-refractivity contribution in [3.05, 3.63) is 30.3 Å². The third kappa shape index (κ3) is 4.34. The fourth-order valence-corrected chi connectivity index (χ4v) is 2.89. The molecule has 1 aliphatic rings. The van der Waals surface area contributed by atoms with Crippen molar-refractivity contribution in [3.63, 3.8) is 0 Å². The maximum Gasteiger partial charge on any atom is 0.119 e. The van der Waals surface area contributed by atoms with Gasteiger partial charge in [0.25, 0.3) is 0 Å². The molecule has 0 aliphatic heterocycles. The van der Waals surface area contributed by atoms with E-state index in [1.54, 1.807) is 0 Å². The molecule has 1 aromatic rings. The van der Waals surface area contributed by atoms with Crippen LogP contribution in [0.3, 0.4) is 0 Å². The van der Waals surface area contributed by atoms with E-state index >= 15 is 0 Å². The van der Waals surface area contributed by atoms with Crippen molar-refractivity contribution in [2.75, 3.05) is 13.7 Å². The van der Waals surface area contributed by atoms with Crippen molar-refractivity contribution in [1.29, 1.82) is 0 Å². The van der Waals surface area contributed by atoms with E-state index in [1.807, 2.05) is 30.3 Å². The van der Waals surface area contributed by atoms with Gasteiger partial charge >= 0.3 is 0 Å². The Kier molecular flexibility index (Phi) is 5.53. The van der Waals surface area contributed by atoms with Gasteiger partial charge in [-0.25, -0.2) is 0 Å². The standard InChI is InChI=1S/C16H25NO/c1-17-15-9-5-7-14(13-15)8-6-12-18-16-10-3-2-4-11-16/h2-4,10-11,14-15,17H,5-9,12-13H2,1H3. The maximum absolute atomic E-state index is 5.73. The van der Waals surface area contributed by atoms with Gasteiger partial charge in [0.2, 0.25) is 0 Å². The lowest BCUT2D eigenvalue weighted by atomic mass is 9.83. The zero-order chi connectivity index (χ0) is 12.6. The Morgan fingerprint density at radius 1 is 1.22 bits per heavy atom. The van der Waals surface area contributed by atoms with Gasteiger partial charge in [0.1, 0.15) is 5.75 Å². The first-order valence-electron chi connectivity index (χ1n) is 7.23. The smallest absolute Gasteiger partial charge is 0.119 e. The molecule has 2 unspecified atom stereocenters. The zero-order valence-corrected chi connectivity index (χ0v) is 11.4. The van der Waals surface area contributed by atoms with Gasteiger partial charge < -0.3 is 10.1 Å². The average Bonchev–Trinajstić information content (AvgIpc) is 2.45. The van der Waals surface area contributed by atoms with Crippen LogP contribution in [0.25, 0.3) is 0 Å². The first-order valence-corrected chi connectivity index (χ1v) is 7.23. The molecule has 1 aliphatic carbocycles. The quantitative estimate of drug-likeness (QED) is 0.775. The number of hydrogen-bond acceptors (Lipinski definition) is 2. The summed E-state index contributed by atoms with van der Waals surface area (Å²) in [6.07, 6.45) is 7.98. The van der Waals surface area contributed by atoms with Crippen LogP contribution < -0.4 is 10.1 Å². The van der Waals surface area contributed by atoms with Crippen LogP contribution in [0, 0.1) is 5.92 Å². The molecule has 1 saturated carbocycles. The molecule has 0 radical (unpaired) electrons. The molecule has 18 heavy (non-hydrogen) atoms. The van der Waals surface area contributed by atoms with Crippen molar-refractivity contribution in [2.45, 2.75) is 44.6 Å². The van der Waals surface area contributed by atoms with E-state index in [0.29, 0.717) is 0 Å². The predicted molar refractivity (Wildman–Crippen MR) is 76.0 cm³/mol. The van der Waals surface area contributed by atoms with Crippen LogP contribution in [0.4, 0.5) is 0 Å². The average molecular weight is 247 g/mol. The number of benzene rings is 1. The van der Waals surface area contributed by atoms with E-state index in [2.05, 4.69) is 12.4 Å². The highest BCUT2D eigenvalue weighted by Crippen LogP contribution is 2.27. The lowest BCUT2D eigenvalue weighted by Gasteiger charge is -2.28. The van der Waals surface area contributed by atoms with Crippen LogP contribution in [0.15, 0.2) is 30.3 Å². The topological polar surface area (TPSA) is 21.3 Å². The van der Waals surface area contributed by atoms with Crippen molar-refractivity contribution < 1.29 is 4.74 Å². The van der Waals surface area contributed by atoms with Gasteiger partial charge in [0.15, 0.2) is 0 Å².